The first-order chi connectivity index (χ1) is 10.1. The van der Waals surface area contributed by atoms with Gasteiger partial charge in [0.05, 0.1) is 30.8 Å². The lowest BCUT2D eigenvalue weighted by Gasteiger charge is -2.32. The summed E-state index contributed by atoms with van der Waals surface area (Å²) in [6, 6.07) is 5.72. The van der Waals surface area contributed by atoms with Crippen LogP contribution in [0.1, 0.15) is 30.5 Å². The molecule has 0 bridgehead atoms. The number of anilines is 1. The second-order valence-electron chi connectivity index (χ2n) is 5.17. The third-order valence-corrected chi connectivity index (χ3v) is 3.50. The van der Waals surface area contributed by atoms with Crippen LogP contribution < -0.4 is 4.90 Å². The van der Waals surface area contributed by atoms with Gasteiger partial charge in [-0.15, -0.1) is 0 Å². The molecule has 0 atom stereocenters. The Hall–Kier alpha value is -2.13. The van der Waals surface area contributed by atoms with E-state index in [4.69, 9.17) is 15.1 Å². The number of carbonyl (C=O) groups is 1. The van der Waals surface area contributed by atoms with Gasteiger partial charge in [0.2, 0.25) is 0 Å². The minimum atomic E-state index is -0.833. The number of hydrogen-bond acceptors (Lipinski definition) is 5. The van der Waals surface area contributed by atoms with E-state index in [0.29, 0.717) is 5.56 Å². The maximum Gasteiger partial charge on any atom is 0.305 e. The lowest BCUT2D eigenvalue weighted by atomic mass is 10.1. The van der Waals surface area contributed by atoms with Gasteiger partial charge in [-0.25, -0.2) is 4.98 Å². The van der Waals surface area contributed by atoms with E-state index in [-0.39, 0.29) is 19.1 Å². The Labute approximate surface area is 124 Å². The number of pyridine rings is 1. The number of aryl methyl sites for hydroxylation is 1. The first-order valence-corrected chi connectivity index (χ1v) is 7.05. The quantitative estimate of drug-likeness (QED) is 0.888. The molecule has 2 heterocycles. The van der Waals surface area contributed by atoms with Crippen LogP contribution in [0.4, 0.5) is 5.82 Å². The van der Waals surface area contributed by atoms with Gasteiger partial charge >= 0.3 is 5.97 Å². The predicted octanol–water partition coefficient (Wildman–Crippen LogP) is 1.72. The fraction of sp³-hybridized carbons (Fsp3) is 0.533. The van der Waals surface area contributed by atoms with E-state index in [1.54, 1.807) is 12.1 Å². The number of rotatable bonds is 5. The van der Waals surface area contributed by atoms with Crippen molar-refractivity contribution in [2.75, 3.05) is 24.6 Å². The van der Waals surface area contributed by atoms with Crippen LogP contribution in [0.15, 0.2) is 12.1 Å². The van der Waals surface area contributed by atoms with Crippen LogP contribution in [-0.2, 0) is 9.53 Å². The normalized spacial score (nSPS) is 15.7. The summed E-state index contributed by atoms with van der Waals surface area (Å²) in [5, 5.41) is 17.6. The third-order valence-electron chi connectivity index (χ3n) is 3.50. The van der Waals surface area contributed by atoms with E-state index < -0.39 is 5.97 Å². The molecule has 2 rings (SSSR count). The maximum absolute atomic E-state index is 10.4. The molecule has 0 amide bonds. The van der Waals surface area contributed by atoms with Gasteiger partial charge < -0.3 is 14.7 Å². The van der Waals surface area contributed by atoms with E-state index in [1.165, 1.54) is 0 Å². The monoisotopic (exact) mass is 289 g/mol. The van der Waals surface area contributed by atoms with Gasteiger partial charge in [0, 0.05) is 18.8 Å². The smallest absolute Gasteiger partial charge is 0.305 e. The molecule has 0 unspecified atom stereocenters. The molecule has 0 radical (unpaired) electrons. The summed E-state index contributed by atoms with van der Waals surface area (Å²) in [7, 11) is 0. The zero-order valence-corrected chi connectivity index (χ0v) is 12.1. The molecule has 6 nitrogen and oxygen atoms in total. The van der Waals surface area contributed by atoms with Crippen molar-refractivity contribution in [1.82, 2.24) is 4.98 Å². The van der Waals surface area contributed by atoms with Gasteiger partial charge in [-0.05, 0) is 31.9 Å². The van der Waals surface area contributed by atoms with Crippen molar-refractivity contribution in [2.24, 2.45) is 0 Å². The molecule has 0 spiro atoms. The molecule has 112 valence electrons. The highest BCUT2D eigenvalue weighted by Gasteiger charge is 2.21. The molecule has 0 aromatic carbocycles. The predicted molar refractivity (Wildman–Crippen MR) is 77.1 cm³/mol. The maximum atomic E-state index is 10.4. The van der Waals surface area contributed by atoms with E-state index >= 15 is 0 Å². The fourth-order valence-electron chi connectivity index (χ4n) is 2.44. The lowest BCUT2D eigenvalue weighted by molar-refractivity contribution is -0.138. The van der Waals surface area contributed by atoms with E-state index in [2.05, 4.69) is 16.0 Å². The van der Waals surface area contributed by atoms with E-state index in [1.807, 2.05) is 6.92 Å². The van der Waals surface area contributed by atoms with Crippen molar-refractivity contribution in [2.45, 2.75) is 32.3 Å². The summed E-state index contributed by atoms with van der Waals surface area (Å²) in [5.41, 5.74) is 1.46. The summed E-state index contributed by atoms with van der Waals surface area (Å²) < 4.78 is 5.57. The number of ether oxygens (including phenoxy) is 1. The lowest BCUT2D eigenvalue weighted by Crippen LogP contribution is -2.37. The van der Waals surface area contributed by atoms with Crippen LogP contribution in [-0.4, -0.2) is 41.9 Å². The van der Waals surface area contributed by atoms with Gasteiger partial charge in [0.1, 0.15) is 5.82 Å². The zero-order chi connectivity index (χ0) is 15.2. The Morgan fingerprint density at radius 1 is 1.52 bits per heavy atom. The number of nitriles is 1. The molecule has 21 heavy (non-hydrogen) atoms. The van der Waals surface area contributed by atoms with Crippen molar-refractivity contribution in [1.29, 1.82) is 5.26 Å². The Balaban J connectivity index is 1.88. The zero-order valence-electron chi connectivity index (χ0n) is 12.1. The van der Waals surface area contributed by atoms with Gasteiger partial charge in [-0.3, -0.25) is 4.79 Å². The highest BCUT2D eigenvalue weighted by molar-refractivity contribution is 5.66. The van der Waals surface area contributed by atoms with Gasteiger partial charge in [0.15, 0.2) is 0 Å². The highest BCUT2D eigenvalue weighted by atomic mass is 16.5. The van der Waals surface area contributed by atoms with E-state index in [0.717, 1.165) is 37.4 Å². The molecule has 1 fully saturated rings. The van der Waals surface area contributed by atoms with Gasteiger partial charge in [0.25, 0.3) is 0 Å². The largest absolute Gasteiger partial charge is 0.481 e. The Morgan fingerprint density at radius 3 is 2.86 bits per heavy atom. The van der Waals surface area contributed by atoms with Gasteiger partial charge in [-0.2, -0.15) is 5.26 Å². The molecule has 6 heteroatoms. The number of carboxylic acid groups (broad SMARTS) is 1. The summed E-state index contributed by atoms with van der Waals surface area (Å²) in [6.07, 6.45) is 1.85. The second-order valence-corrected chi connectivity index (χ2v) is 5.17. The Morgan fingerprint density at radius 2 is 2.24 bits per heavy atom. The standard InChI is InChI=1S/C15H19N3O3/c1-11-8-12(10-16)9-14(17-11)18-5-2-13(3-6-18)21-7-4-15(19)20/h8-9,13H,2-7H2,1H3,(H,19,20). The molecular formula is C15H19N3O3. The first-order valence-electron chi connectivity index (χ1n) is 7.05. The molecule has 0 saturated carbocycles. The van der Waals surface area contributed by atoms with Crippen molar-refractivity contribution in [3.63, 3.8) is 0 Å². The molecule has 1 saturated heterocycles. The minimum absolute atomic E-state index is 0.0468. The second kappa shape index (κ2) is 7.04. The number of piperidine rings is 1. The molecular weight excluding hydrogens is 270 g/mol. The van der Waals surface area contributed by atoms with Crippen LogP contribution >= 0.6 is 0 Å². The van der Waals surface area contributed by atoms with Crippen LogP contribution in [0.2, 0.25) is 0 Å². The van der Waals surface area contributed by atoms with Crippen molar-refractivity contribution in [3.05, 3.63) is 23.4 Å². The summed E-state index contributed by atoms with van der Waals surface area (Å²) in [4.78, 5) is 17.1. The number of aliphatic carboxylic acids is 1. The van der Waals surface area contributed by atoms with Crippen LogP contribution in [0.3, 0.4) is 0 Å². The third kappa shape index (κ3) is 4.43. The minimum Gasteiger partial charge on any atom is -0.481 e. The molecule has 1 N–H and O–H groups in total. The molecule has 1 aliphatic heterocycles. The Bertz CT molecular complexity index is 546. The number of aromatic nitrogens is 1. The number of nitrogens with zero attached hydrogens (tertiary/aromatic N) is 3. The average molecular weight is 289 g/mol. The summed E-state index contributed by atoms with van der Waals surface area (Å²) in [6.45, 7) is 3.76. The van der Waals surface area contributed by atoms with E-state index in [9.17, 15) is 4.79 Å². The van der Waals surface area contributed by atoms with Crippen LogP contribution in [0.25, 0.3) is 0 Å². The van der Waals surface area contributed by atoms with Gasteiger partial charge in [-0.1, -0.05) is 0 Å². The van der Waals surface area contributed by atoms with Crippen LogP contribution in [0, 0.1) is 18.3 Å². The Kier molecular flexibility index (Phi) is 5.12. The van der Waals surface area contributed by atoms with Crippen molar-refractivity contribution >= 4 is 11.8 Å². The summed E-state index contributed by atoms with van der Waals surface area (Å²) >= 11 is 0. The fourth-order valence-corrected chi connectivity index (χ4v) is 2.44. The number of hydrogen-bond donors (Lipinski definition) is 1. The SMILES string of the molecule is Cc1cc(C#N)cc(N2CCC(OCCC(=O)O)CC2)n1. The molecule has 1 aliphatic rings. The topological polar surface area (TPSA) is 86.5 Å². The van der Waals surface area contributed by atoms with Crippen molar-refractivity contribution < 1.29 is 14.6 Å². The average Bonchev–Trinajstić information content (AvgIpc) is 2.47. The summed E-state index contributed by atoms with van der Waals surface area (Å²) in [5.74, 6) is -0.00374. The molecule has 0 aliphatic carbocycles. The van der Waals surface area contributed by atoms with Crippen LogP contribution in [0.5, 0.6) is 0 Å². The first kappa shape index (κ1) is 15.3. The molecule has 1 aromatic rings. The number of carboxylic acids is 1. The van der Waals surface area contributed by atoms with Crippen molar-refractivity contribution in [3.8, 4) is 6.07 Å². The molecule has 1 aromatic heterocycles. The highest BCUT2D eigenvalue weighted by Crippen LogP contribution is 2.21.